The zero-order valence-electron chi connectivity index (χ0n) is 9.32. The Morgan fingerprint density at radius 1 is 1.60 bits per heavy atom. The van der Waals surface area contributed by atoms with E-state index in [0.29, 0.717) is 19.5 Å². The Labute approximate surface area is 89.7 Å². The van der Waals surface area contributed by atoms with Crippen molar-refractivity contribution < 1.29 is 14.3 Å². The average Bonchev–Trinajstić information content (AvgIpc) is 1.98. The van der Waals surface area contributed by atoms with Gasteiger partial charge in [0.1, 0.15) is 6.17 Å². The average molecular weight is 218 g/mol. The van der Waals surface area contributed by atoms with Gasteiger partial charge in [0.15, 0.2) is 0 Å². The molecule has 1 aliphatic rings. The number of piperidine rings is 1. The SMILES string of the molecule is CN(CC(=O)O)CC1CC(F)CN(C)C1. The molecule has 2 unspecified atom stereocenters. The van der Waals surface area contributed by atoms with Crippen LogP contribution in [-0.4, -0.2) is 67.3 Å². The van der Waals surface area contributed by atoms with Crippen LogP contribution in [0.4, 0.5) is 4.39 Å². The van der Waals surface area contributed by atoms with Crippen molar-refractivity contribution in [2.75, 3.05) is 40.3 Å². The lowest BCUT2D eigenvalue weighted by Crippen LogP contribution is -2.43. The maximum Gasteiger partial charge on any atom is 0.317 e. The molecule has 1 fully saturated rings. The lowest BCUT2D eigenvalue weighted by atomic mass is 9.97. The second-order valence-electron chi connectivity index (χ2n) is 4.51. The van der Waals surface area contributed by atoms with Crippen molar-refractivity contribution in [2.45, 2.75) is 12.6 Å². The van der Waals surface area contributed by atoms with Crippen molar-refractivity contribution in [1.82, 2.24) is 9.80 Å². The van der Waals surface area contributed by atoms with Gasteiger partial charge in [-0.1, -0.05) is 0 Å². The van der Waals surface area contributed by atoms with Crippen LogP contribution in [0, 0.1) is 5.92 Å². The van der Waals surface area contributed by atoms with E-state index < -0.39 is 12.1 Å². The minimum atomic E-state index is -0.835. The van der Waals surface area contributed by atoms with Crippen molar-refractivity contribution in [3.05, 3.63) is 0 Å². The van der Waals surface area contributed by atoms with Gasteiger partial charge in [0, 0.05) is 19.6 Å². The number of carboxylic acid groups (broad SMARTS) is 1. The molecule has 1 N–H and O–H groups in total. The van der Waals surface area contributed by atoms with E-state index in [2.05, 4.69) is 0 Å². The molecule has 0 spiro atoms. The number of aliphatic carboxylic acids is 1. The standard InChI is InChI=1S/C10H19FN2O2/c1-12-4-8(3-9(11)6-12)5-13(2)7-10(14)15/h8-9H,3-7H2,1-2H3,(H,14,15). The third-order valence-corrected chi connectivity index (χ3v) is 2.64. The smallest absolute Gasteiger partial charge is 0.317 e. The van der Waals surface area contributed by atoms with Crippen LogP contribution in [0.3, 0.4) is 0 Å². The van der Waals surface area contributed by atoms with E-state index in [0.717, 1.165) is 6.54 Å². The van der Waals surface area contributed by atoms with Gasteiger partial charge in [0.25, 0.3) is 0 Å². The van der Waals surface area contributed by atoms with Crippen LogP contribution in [0.2, 0.25) is 0 Å². The molecule has 1 aliphatic heterocycles. The van der Waals surface area contributed by atoms with Crippen molar-refractivity contribution in [3.63, 3.8) is 0 Å². The molecule has 2 atom stereocenters. The molecule has 0 bridgehead atoms. The van der Waals surface area contributed by atoms with E-state index in [1.54, 1.807) is 11.9 Å². The third kappa shape index (κ3) is 4.57. The summed E-state index contributed by atoms with van der Waals surface area (Å²) in [5.74, 6) is -0.596. The highest BCUT2D eigenvalue weighted by Crippen LogP contribution is 2.18. The number of rotatable bonds is 4. The van der Waals surface area contributed by atoms with Crippen molar-refractivity contribution in [1.29, 1.82) is 0 Å². The summed E-state index contributed by atoms with van der Waals surface area (Å²) in [6, 6.07) is 0. The van der Waals surface area contributed by atoms with Crippen LogP contribution in [0.15, 0.2) is 0 Å². The fraction of sp³-hybridized carbons (Fsp3) is 0.900. The number of nitrogens with zero attached hydrogens (tertiary/aromatic N) is 2. The number of carboxylic acids is 1. The number of likely N-dealkylation sites (tertiary alicyclic amines) is 1. The molecule has 0 radical (unpaired) electrons. The van der Waals surface area contributed by atoms with Gasteiger partial charge in [-0.05, 0) is 26.4 Å². The number of carbonyl (C=O) groups is 1. The van der Waals surface area contributed by atoms with E-state index in [1.165, 1.54) is 0 Å². The monoisotopic (exact) mass is 218 g/mol. The minimum Gasteiger partial charge on any atom is -0.480 e. The molecular weight excluding hydrogens is 199 g/mol. The highest BCUT2D eigenvalue weighted by molar-refractivity contribution is 5.68. The van der Waals surface area contributed by atoms with Gasteiger partial charge in [-0.3, -0.25) is 9.69 Å². The summed E-state index contributed by atoms with van der Waals surface area (Å²) >= 11 is 0. The van der Waals surface area contributed by atoms with Gasteiger partial charge < -0.3 is 10.0 Å². The molecule has 5 heteroatoms. The molecule has 0 aliphatic carbocycles. The highest BCUT2D eigenvalue weighted by atomic mass is 19.1. The maximum absolute atomic E-state index is 13.2. The zero-order chi connectivity index (χ0) is 11.4. The van der Waals surface area contributed by atoms with Gasteiger partial charge in [0.05, 0.1) is 6.54 Å². The molecule has 0 aromatic rings. The fourth-order valence-electron chi connectivity index (χ4n) is 2.23. The summed E-state index contributed by atoms with van der Waals surface area (Å²) in [5, 5.41) is 8.59. The van der Waals surface area contributed by atoms with Gasteiger partial charge in [-0.25, -0.2) is 4.39 Å². The molecule has 88 valence electrons. The summed E-state index contributed by atoms with van der Waals surface area (Å²) in [7, 11) is 3.66. The lowest BCUT2D eigenvalue weighted by molar-refractivity contribution is -0.138. The molecule has 4 nitrogen and oxygen atoms in total. The maximum atomic E-state index is 13.2. The Bertz CT molecular complexity index is 215. The second kappa shape index (κ2) is 5.42. The highest BCUT2D eigenvalue weighted by Gasteiger charge is 2.25. The Morgan fingerprint density at radius 3 is 2.80 bits per heavy atom. The number of alkyl halides is 1. The van der Waals surface area contributed by atoms with Crippen molar-refractivity contribution >= 4 is 5.97 Å². The third-order valence-electron chi connectivity index (χ3n) is 2.64. The first-order valence-corrected chi connectivity index (χ1v) is 5.20. The van der Waals surface area contributed by atoms with Crippen LogP contribution < -0.4 is 0 Å². The van der Waals surface area contributed by atoms with E-state index in [1.807, 2.05) is 11.9 Å². The van der Waals surface area contributed by atoms with E-state index in [-0.39, 0.29) is 12.5 Å². The molecule has 15 heavy (non-hydrogen) atoms. The molecule has 1 saturated heterocycles. The predicted octanol–water partition coefficient (Wildman–Crippen LogP) is 0.293. The van der Waals surface area contributed by atoms with Gasteiger partial charge in [-0.15, -0.1) is 0 Å². The number of hydrogen-bond acceptors (Lipinski definition) is 3. The van der Waals surface area contributed by atoms with Gasteiger partial charge in [-0.2, -0.15) is 0 Å². The van der Waals surface area contributed by atoms with Gasteiger partial charge >= 0.3 is 5.97 Å². The Kier molecular flexibility index (Phi) is 4.47. The first-order chi connectivity index (χ1) is 6.97. The summed E-state index contributed by atoms with van der Waals surface area (Å²) < 4.78 is 13.2. The van der Waals surface area contributed by atoms with Crippen LogP contribution >= 0.6 is 0 Å². The molecule has 1 rings (SSSR count). The summed E-state index contributed by atoms with van der Waals surface area (Å²) in [6.07, 6.45) is -0.221. The first-order valence-electron chi connectivity index (χ1n) is 5.20. The van der Waals surface area contributed by atoms with E-state index in [4.69, 9.17) is 5.11 Å². The van der Waals surface area contributed by atoms with Crippen LogP contribution in [0.1, 0.15) is 6.42 Å². The van der Waals surface area contributed by atoms with E-state index in [9.17, 15) is 9.18 Å². The quantitative estimate of drug-likeness (QED) is 0.736. The predicted molar refractivity (Wildman–Crippen MR) is 55.6 cm³/mol. The molecule has 0 amide bonds. The van der Waals surface area contributed by atoms with Crippen LogP contribution in [0.25, 0.3) is 0 Å². The molecule has 0 aromatic carbocycles. The van der Waals surface area contributed by atoms with Crippen molar-refractivity contribution in [3.8, 4) is 0 Å². The largest absolute Gasteiger partial charge is 0.480 e. The fourth-order valence-corrected chi connectivity index (χ4v) is 2.23. The molecule has 0 saturated carbocycles. The molecule has 1 heterocycles. The lowest BCUT2D eigenvalue weighted by Gasteiger charge is -2.33. The Morgan fingerprint density at radius 2 is 2.27 bits per heavy atom. The van der Waals surface area contributed by atoms with Crippen LogP contribution in [0.5, 0.6) is 0 Å². The zero-order valence-corrected chi connectivity index (χ0v) is 9.32. The number of hydrogen-bond donors (Lipinski definition) is 1. The first kappa shape index (κ1) is 12.4. The van der Waals surface area contributed by atoms with E-state index >= 15 is 0 Å². The van der Waals surface area contributed by atoms with Gasteiger partial charge in [0.2, 0.25) is 0 Å². The Hall–Kier alpha value is -0.680. The topological polar surface area (TPSA) is 43.8 Å². The number of likely N-dealkylation sites (N-methyl/N-ethyl adjacent to an activating group) is 1. The van der Waals surface area contributed by atoms with Crippen molar-refractivity contribution in [2.24, 2.45) is 5.92 Å². The molecular formula is C10H19FN2O2. The Balaban J connectivity index is 2.33. The molecule has 0 aromatic heterocycles. The summed E-state index contributed by atoms with van der Waals surface area (Å²) in [6.45, 7) is 2.03. The minimum absolute atomic E-state index is 0.0250. The summed E-state index contributed by atoms with van der Waals surface area (Å²) in [4.78, 5) is 14.2. The summed E-state index contributed by atoms with van der Waals surface area (Å²) in [5.41, 5.74) is 0. The number of halogens is 1. The second-order valence-corrected chi connectivity index (χ2v) is 4.51. The normalized spacial score (nSPS) is 28.3. The van der Waals surface area contributed by atoms with Crippen LogP contribution in [-0.2, 0) is 4.79 Å².